The van der Waals surface area contributed by atoms with Gasteiger partial charge in [0.2, 0.25) is 0 Å². The van der Waals surface area contributed by atoms with E-state index in [-0.39, 0.29) is 13.0 Å². The van der Waals surface area contributed by atoms with Crippen LogP contribution in [0.25, 0.3) is 0 Å². The number of amides is 2. The number of hydrogen-bond donors (Lipinski definition) is 3. The van der Waals surface area contributed by atoms with E-state index in [1.54, 1.807) is 0 Å². The number of nitrogens with one attached hydrogen (secondary N) is 1. The van der Waals surface area contributed by atoms with Crippen molar-refractivity contribution in [2.24, 2.45) is 0 Å². The average molecular weight is 290 g/mol. The summed E-state index contributed by atoms with van der Waals surface area (Å²) in [6, 6.07) is 4.35. The molecule has 1 fully saturated rings. The van der Waals surface area contributed by atoms with Crippen LogP contribution in [0.2, 0.25) is 0 Å². The molecule has 0 unspecified atom stereocenters. The zero-order valence-corrected chi connectivity index (χ0v) is 11.6. The van der Waals surface area contributed by atoms with E-state index in [2.05, 4.69) is 5.32 Å². The lowest BCUT2D eigenvalue weighted by Crippen LogP contribution is -2.43. The predicted molar refractivity (Wildman–Crippen MR) is 76.2 cm³/mol. The number of carbonyl (C=O) groups is 2. The molecule has 0 bridgehead atoms. The number of aliphatic carboxylic acids is 1. The highest BCUT2D eigenvalue weighted by Gasteiger charge is 2.39. The highest BCUT2D eigenvalue weighted by molar-refractivity contribution is 5.93. The first-order valence-electron chi connectivity index (χ1n) is 7.15. The Bertz CT molecular complexity index is 587. The van der Waals surface area contributed by atoms with Crippen LogP contribution in [0.4, 0.5) is 10.5 Å². The van der Waals surface area contributed by atoms with Gasteiger partial charge in [-0.1, -0.05) is 6.07 Å². The molecule has 0 saturated carbocycles. The van der Waals surface area contributed by atoms with E-state index in [0.717, 1.165) is 19.3 Å². The molecule has 1 heterocycles. The smallest absolute Gasteiger partial charge is 0.326 e. The number of aryl methyl sites for hydroxylation is 2. The fraction of sp³-hybridized carbons (Fsp3) is 0.467. The lowest BCUT2D eigenvalue weighted by Gasteiger charge is -2.21. The van der Waals surface area contributed by atoms with Crippen molar-refractivity contribution in [1.82, 2.24) is 4.90 Å². The van der Waals surface area contributed by atoms with Crippen LogP contribution in [0.5, 0.6) is 0 Å². The molecule has 0 spiro atoms. The van der Waals surface area contributed by atoms with Gasteiger partial charge in [-0.25, -0.2) is 9.59 Å². The van der Waals surface area contributed by atoms with Crippen LogP contribution in [-0.4, -0.2) is 45.8 Å². The monoisotopic (exact) mass is 290 g/mol. The molecular weight excluding hydrogens is 272 g/mol. The van der Waals surface area contributed by atoms with Gasteiger partial charge in [-0.3, -0.25) is 0 Å². The van der Waals surface area contributed by atoms with Crippen molar-refractivity contribution in [3.8, 4) is 0 Å². The molecule has 2 aliphatic rings. The third kappa shape index (κ3) is 2.71. The number of aliphatic hydroxyl groups is 1. The largest absolute Gasteiger partial charge is 0.480 e. The Kier molecular flexibility index (Phi) is 3.55. The minimum absolute atomic E-state index is 0.0493. The van der Waals surface area contributed by atoms with Gasteiger partial charge in [0.15, 0.2) is 0 Å². The van der Waals surface area contributed by atoms with Gasteiger partial charge in [-0.2, -0.15) is 0 Å². The van der Waals surface area contributed by atoms with Gasteiger partial charge in [0.25, 0.3) is 0 Å². The molecule has 1 aromatic rings. The van der Waals surface area contributed by atoms with Crippen LogP contribution in [0.3, 0.4) is 0 Å². The highest BCUT2D eigenvalue weighted by atomic mass is 16.4. The van der Waals surface area contributed by atoms with Gasteiger partial charge in [0.05, 0.1) is 6.10 Å². The van der Waals surface area contributed by atoms with Crippen LogP contribution in [0.1, 0.15) is 24.0 Å². The molecule has 1 aromatic carbocycles. The third-order valence-electron chi connectivity index (χ3n) is 4.17. The molecule has 3 N–H and O–H groups in total. The zero-order valence-electron chi connectivity index (χ0n) is 11.6. The lowest BCUT2D eigenvalue weighted by atomic mass is 10.1. The summed E-state index contributed by atoms with van der Waals surface area (Å²) in [7, 11) is 0. The zero-order chi connectivity index (χ0) is 15.0. The van der Waals surface area contributed by atoms with Gasteiger partial charge in [-0.15, -0.1) is 0 Å². The average Bonchev–Trinajstić information content (AvgIpc) is 3.04. The highest BCUT2D eigenvalue weighted by Crippen LogP contribution is 2.26. The number of carboxylic acid groups (broad SMARTS) is 1. The first-order chi connectivity index (χ1) is 10.0. The molecule has 2 amide bonds. The fourth-order valence-electron chi connectivity index (χ4n) is 3.12. The summed E-state index contributed by atoms with van der Waals surface area (Å²) in [5, 5.41) is 21.4. The van der Waals surface area contributed by atoms with Crippen LogP contribution in [0, 0.1) is 0 Å². The molecule has 1 aliphatic carbocycles. The second kappa shape index (κ2) is 5.37. The Morgan fingerprint density at radius 2 is 2.00 bits per heavy atom. The molecule has 6 nitrogen and oxygen atoms in total. The van der Waals surface area contributed by atoms with Crippen LogP contribution in [0.15, 0.2) is 18.2 Å². The van der Waals surface area contributed by atoms with Gasteiger partial charge >= 0.3 is 12.0 Å². The summed E-state index contributed by atoms with van der Waals surface area (Å²) in [6.07, 6.45) is 2.51. The number of carboxylic acids is 1. The van der Waals surface area contributed by atoms with Gasteiger partial charge in [-0.05, 0) is 42.5 Å². The number of carbonyl (C=O) groups excluding carboxylic acids is 1. The first-order valence-corrected chi connectivity index (χ1v) is 7.15. The maximum atomic E-state index is 12.2. The Morgan fingerprint density at radius 3 is 2.76 bits per heavy atom. The number of hydrogen-bond acceptors (Lipinski definition) is 3. The molecule has 1 aliphatic heterocycles. The van der Waals surface area contributed by atoms with E-state index in [1.165, 1.54) is 16.0 Å². The summed E-state index contributed by atoms with van der Waals surface area (Å²) in [6.45, 7) is 0.0493. The number of anilines is 1. The number of benzene rings is 1. The Hall–Kier alpha value is -2.08. The minimum atomic E-state index is -1.09. The van der Waals surface area contributed by atoms with E-state index >= 15 is 0 Å². The molecule has 2 atom stereocenters. The van der Waals surface area contributed by atoms with Crippen molar-refractivity contribution in [1.29, 1.82) is 0 Å². The first kappa shape index (κ1) is 13.9. The number of rotatable bonds is 2. The van der Waals surface area contributed by atoms with E-state index in [4.69, 9.17) is 5.11 Å². The van der Waals surface area contributed by atoms with E-state index in [1.807, 2.05) is 18.2 Å². The van der Waals surface area contributed by atoms with Crippen molar-refractivity contribution in [2.45, 2.75) is 37.8 Å². The molecule has 0 radical (unpaired) electrons. The SMILES string of the molecule is O=C(O)[C@@H]1C[C@H](O)CN1C(=O)Nc1ccc2c(c1)CCC2. The summed E-state index contributed by atoms with van der Waals surface area (Å²) >= 11 is 0. The number of nitrogens with zero attached hydrogens (tertiary/aromatic N) is 1. The van der Waals surface area contributed by atoms with Crippen molar-refractivity contribution in [3.63, 3.8) is 0 Å². The minimum Gasteiger partial charge on any atom is -0.480 e. The van der Waals surface area contributed by atoms with Crippen LogP contribution in [-0.2, 0) is 17.6 Å². The third-order valence-corrected chi connectivity index (χ3v) is 4.17. The topological polar surface area (TPSA) is 89.9 Å². The second-order valence-corrected chi connectivity index (χ2v) is 5.66. The maximum absolute atomic E-state index is 12.2. The standard InChI is InChI=1S/C15H18N2O4/c18-12-7-13(14(19)20)17(8-12)15(21)16-11-5-4-9-2-1-3-10(9)6-11/h4-6,12-13,18H,1-3,7-8H2,(H,16,21)(H,19,20)/t12-,13-/m0/s1. The normalized spacial score (nSPS) is 24.0. The summed E-state index contributed by atoms with van der Waals surface area (Å²) < 4.78 is 0. The quantitative estimate of drug-likeness (QED) is 0.764. The van der Waals surface area contributed by atoms with Gasteiger partial charge in [0, 0.05) is 18.7 Å². The molecular formula is C15H18N2O4. The van der Waals surface area contributed by atoms with Crippen molar-refractivity contribution in [3.05, 3.63) is 29.3 Å². The lowest BCUT2D eigenvalue weighted by molar-refractivity contribution is -0.141. The number of aliphatic hydroxyl groups excluding tert-OH is 1. The Morgan fingerprint density at radius 1 is 1.24 bits per heavy atom. The summed E-state index contributed by atoms with van der Waals surface area (Å²) in [5.41, 5.74) is 3.23. The molecule has 3 rings (SSSR count). The molecule has 21 heavy (non-hydrogen) atoms. The van der Waals surface area contributed by atoms with Crippen molar-refractivity contribution in [2.75, 3.05) is 11.9 Å². The fourth-order valence-corrected chi connectivity index (χ4v) is 3.12. The van der Waals surface area contributed by atoms with Crippen molar-refractivity contribution < 1.29 is 19.8 Å². The molecule has 0 aromatic heterocycles. The van der Waals surface area contributed by atoms with Crippen LogP contribution >= 0.6 is 0 Å². The Balaban J connectivity index is 1.72. The molecule has 112 valence electrons. The second-order valence-electron chi connectivity index (χ2n) is 5.66. The van der Waals surface area contributed by atoms with E-state index in [0.29, 0.717) is 5.69 Å². The van der Waals surface area contributed by atoms with E-state index < -0.39 is 24.1 Å². The molecule has 6 heteroatoms. The number of fused-ring (bicyclic) bond motifs is 1. The maximum Gasteiger partial charge on any atom is 0.326 e. The predicted octanol–water partition coefficient (Wildman–Crippen LogP) is 1.23. The number of urea groups is 1. The van der Waals surface area contributed by atoms with Crippen LogP contribution < -0.4 is 5.32 Å². The number of β-amino-alcohol motifs (C(OH)–C–C–N with tert-alkyl or cyclic N) is 1. The summed E-state index contributed by atoms with van der Waals surface area (Å²) in [5.74, 6) is -1.09. The van der Waals surface area contributed by atoms with Crippen molar-refractivity contribution >= 4 is 17.7 Å². The Labute approximate surface area is 122 Å². The van der Waals surface area contributed by atoms with Gasteiger partial charge in [0.1, 0.15) is 6.04 Å². The summed E-state index contributed by atoms with van der Waals surface area (Å²) in [4.78, 5) is 24.5. The van der Waals surface area contributed by atoms with E-state index in [9.17, 15) is 14.7 Å². The van der Waals surface area contributed by atoms with Gasteiger partial charge < -0.3 is 20.4 Å². The number of likely N-dealkylation sites (tertiary alicyclic amines) is 1. The molecule has 1 saturated heterocycles.